The molecule has 2 amide bonds. The number of methoxy groups -OCH3 is 1. The van der Waals surface area contributed by atoms with E-state index in [2.05, 4.69) is 46.7 Å². The van der Waals surface area contributed by atoms with Gasteiger partial charge in [0, 0.05) is 26.7 Å². The molecule has 3 rings (SSSR count). The zero-order chi connectivity index (χ0) is 21.3. The van der Waals surface area contributed by atoms with Gasteiger partial charge in [-0.05, 0) is 44.0 Å². The van der Waals surface area contributed by atoms with E-state index in [1.54, 1.807) is 25.3 Å². The number of nitrogens with zero attached hydrogens (tertiary/aromatic N) is 1. The van der Waals surface area contributed by atoms with Gasteiger partial charge in [0.1, 0.15) is 0 Å². The highest BCUT2D eigenvalue weighted by atomic mass is 16.5. The number of para-hydroxylation sites is 1. The van der Waals surface area contributed by atoms with Crippen LogP contribution >= 0.6 is 0 Å². The molecule has 1 heterocycles. The van der Waals surface area contributed by atoms with Gasteiger partial charge in [0.15, 0.2) is 0 Å². The normalized spacial score (nSPS) is 16.8. The van der Waals surface area contributed by atoms with Crippen molar-refractivity contribution >= 4 is 17.5 Å². The highest BCUT2D eigenvalue weighted by Crippen LogP contribution is 2.22. The van der Waals surface area contributed by atoms with Gasteiger partial charge in [-0.2, -0.15) is 0 Å². The number of aryl methyl sites for hydroxylation is 1. The van der Waals surface area contributed by atoms with Gasteiger partial charge in [0.25, 0.3) is 5.91 Å². The van der Waals surface area contributed by atoms with Crippen molar-refractivity contribution in [3.63, 3.8) is 0 Å². The van der Waals surface area contributed by atoms with Crippen molar-refractivity contribution < 1.29 is 14.3 Å². The minimum Gasteiger partial charge on any atom is -0.383 e. The zero-order valence-corrected chi connectivity index (χ0v) is 17.8. The summed E-state index contributed by atoms with van der Waals surface area (Å²) in [6, 6.07) is 15.6. The number of likely N-dealkylation sites (tertiary alicyclic amines) is 1. The van der Waals surface area contributed by atoms with Crippen molar-refractivity contribution in [3.05, 3.63) is 65.2 Å². The Morgan fingerprint density at radius 2 is 2.00 bits per heavy atom. The fraction of sp³-hybridized carbons (Fsp3) is 0.417. The molecule has 1 aliphatic rings. The first-order chi connectivity index (χ1) is 14.6. The number of benzene rings is 2. The van der Waals surface area contributed by atoms with E-state index in [4.69, 9.17) is 4.74 Å². The molecule has 160 valence electrons. The Balaban J connectivity index is 1.61. The van der Waals surface area contributed by atoms with Crippen LogP contribution < -0.4 is 10.6 Å². The molecule has 0 saturated carbocycles. The first-order valence-electron chi connectivity index (χ1n) is 10.5. The zero-order valence-electron chi connectivity index (χ0n) is 17.8. The van der Waals surface area contributed by atoms with Crippen molar-refractivity contribution in [2.45, 2.75) is 26.3 Å². The maximum atomic E-state index is 13.0. The maximum absolute atomic E-state index is 13.0. The lowest BCUT2D eigenvalue weighted by Gasteiger charge is -2.32. The van der Waals surface area contributed by atoms with E-state index in [1.807, 2.05) is 6.07 Å². The molecule has 0 aromatic heterocycles. The minimum atomic E-state index is -0.215. The molecule has 1 unspecified atom stereocenters. The number of piperidine rings is 1. The molecule has 1 atom stereocenters. The van der Waals surface area contributed by atoms with Crippen LogP contribution in [-0.2, 0) is 16.1 Å². The molecule has 2 aromatic rings. The van der Waals surface area contributed by atoms with Crippen LogP contribution in [0.1, 0.15) is 34.3 Å². The van der Waals surface area contributed by atoms with Crippen molar-refractivity contribution in [1.29, 1.82) is 0 Å². The maximum Gasteiger partial charge on any atom is 0.253 e. The van der Waals surface area contributed by atoms with E-state index in [1.165, 1.54) is 11.1 Å². The number of anilines is 1. The highest BCUT2D eigenvalue weighted by Gasteiger charge is 2.26. The largest absolute Gasteiger partial charge is 0.383 e. The van der Waals surface area contributed by atoms with Crippen molar-refractivity contribution in [2.75, 3.05) is 38.7 Å². The number of amides is 2. The molecular weight excluding hydrogens is 378 g/mol. The lowest BCUT2D eigenvalue weighted by Crippen LogP contribution is -2.40. The molecule has 30 heavy (non-hydrogen) atoms. The second-order valence-electron chi connectivity index (χ2n) is 7.85. The molecule has 1 saturated heterocycles. The third-order valence-corrected chi connectivity index (χ3v) is 5.39. The quantitative estimate of drug-likeness (QED) is 0.657. The summed E-state index contributed by atoms with van der Waals surface area (Å²) in [6.45, 7) is 5.54. The van der Waals surface area contributed by atoms with E-state index >= 15 is 0 Å². The lowest BCUT2D eigenvalue weighted by molar-refractivity contribution is -0.121. The number of nitrogens with one attached hydrogen (secondary N) is 2. The van der Waals surface area contributed by atoms with Crippen molar-refractivity contribution in [3.8, 4) is 0 Å². The molecule has 1 fully saturated rings. The van der Waals surface area contributed by atoms with Gasteiger partial charge < -0.3 is 15.4 Å². The van der Waals surface area contributed by atoms with E-state index in [9.17, 15) is 9.59 Å². The summed E-state index contributed by atoms with van der Waals surface area (Å²) < 4.78 is 4.97. The van der Waals surface area contributed by atoms with Crippen molar-refractivity contribution in [1.82, 2.24) is 10.2 Å². The Morgan fingerprint density at radius 1 is 1.17 bits per heavy atom. The van der Waals surface area contributed by atoms with Gasteiger partial charge in [0.2, 0.25) is 5.91 Å². The van der Waals surface area contributed by atoms with Gasteiger partial charge in [-0.15, -0.1) is 0 Å². The topological polar surface area (TPSA) is 70.7 Å². The Bertz CT molecular complexity index is 868. The van der Waals surface area contributed by atoms with Gasteiger partial charge in [-0.3, -0.25) is 14.5 Å². The van der Waals surface area contributed by atoms with Crippen LogP contribution in [0.15, 0.2) is 48.5 Å². The van der Waals surface area contributed by atoms with E-state index in [0.29, 0.717) is 24.4 Å². The summed E-state index contributed by atoms with van der Waals surface area (Å²) in [5.74, 6) is -0.332. The molecule has 6 nitrogen and oxygen atoms in total. The lowest BCUT2D eigenvalue weighted by atomic mass is 9.96. The van der Waals surface area contributed by atoms with E-state index < -0.39 is 0 Å². The van der Waals surface area contributed by atoms with E-state index in [-0.39, 0.29) is 17.7 Å². The predicted octanol–water partition coefficient (Wildman–Crippen LogP) is 3.22. The molecule has 1 aliphatic heterocycles. The monoisotopic (exact) mass is 409 g/mol. The number of ether oxygens (including phenoxy) is 1. The molecule has 0 aliphatic carbocycles. The number of hydrogen-bond acceptors (Lipinski definition) is 4. The fourth-order valence-corrected chi connectivity index (χ4v) is 3.87. The predicted molar refractivity (Wildman–Crippen MR) is 118 cm³/mol. The second kappa shape index (κ2) is 10.9. The Hall–Kier alpha value is -2.70. The number of carbonyl (C=O) groups is 2. The highest BCUT2D eigenvalue weighted by molar-refractivity contribution is 6.04. The summed E-state index contributed by atoms with van der Waals surface area (Å²) in [4.78, 5) is 27.8. The molecular formula is C24H31N3O3. The number of carbonyl (C=O) groups excluding carboxylic acids is 2. The average molecular weight is 410 g/mol. The Morgan fingerprint density at radius 3 is 2.80 bits per heavy atom. The van der Waals surface area contributed by atoms with Crippen LogP contribution in [-0.4, -0.2) is 50.1 Å². The average Bonchev–Trinajstić information content (AvgIpc) is 2.74. The van der Waals surface area contributed by atoms with Crippen LogP contribution in [0.25, 0.3) is 0 Å². The molecule has 0 bridgehead atoms. The third kappa shape index (κ3) is 6.15. The Kier molecular flexibility index (Phi) is 7.99. The fourth-order valence-electron chi connectivity index (χ4n) is 3.87. The van der Waals surface area contributed by atoms with Gasteiger partial charge in [-0.1, -0.05) is 42.0 Å². The summed E-state index contributed by atoms with van der Waals surface area (Å²) in [6.07, 6.45) is 1.85. The van der Waals surface area contributed by atoms with Crippen LogP contribution in [0, 0.1) is 12.8 Å². The molecule has 6 heteroatoms. The Labute approximate surface area is 178 Å². The third-order valence-electron chi connectivity index (χ3n) is 5.39. The van der Waals surface area contributed by atoms with Crippen LogP contribution in [0.2, 0.25) is 0 Å². The standard InChI is InChI=1S/C24H31N3O3/c1-18-7-5-8-19(15-18)16-27-13-6-9-20(17-27)23(28)26-22-11-4-3-10-21(22)24(29)25-12-14-30-2/h3-5,7-8,10-11,15,20H,6,9,12-14,16-17H2,1-2H3,(H,25,29)(H,26,28). The molecule has 0 spiro atoms. The van der Waals surface area contributed by atoms with Gasteiger partial charge in [0.05, 0.1) is 23.8 Å². The van der Waals surface area contributed by atoms with Crippen molar-refractivity contribution in [2.24, 2.45) is 5.92 Å². The molecule has 2 aromatic carbocycles. The second-order valence-corrected chi connectivity index (χ2v) is 7.85. The minimum absolute atomic E-state index is 0.0268. The van der Waals surface area contributed by atoms with Crippen LogP contribution in [0.4, 0.5) is 5.69 Å². The summed E-state index contributed by atoms with van der Waals surface area (Å²) in [5.41, 5.74) is 3.54. The summed E-state index contributed by atoms with van der Waals surface area (Å²) in [7, 11) is 1.59. The van der Waals surface area contributed by atoms with Crippen LogP contribution in [0.3, 0.4) is 0 Å². The van der Waals surface area contributed by atoms with Gasteiger partial charge in [-0.25, -0.2) is 0 Å². The van der Waals surface area contributed by atoms with Crippen LogP contribution in [0.5, 0.6) is 0 Å². The number of rotatable bonds is 8. The number of hydrogen-bond donors (Lipinski definition) is 2. The summed E-state index contributed by atoms with van der Waals surface area (Å²) >= 11 is 0. The first-order valence-corrected chi connectivity index (χ1v) is 10.5. The van der Waals surface area contributed by atoms with E-state index in [0.717, 1.165) is 32.5 Å². The molecule has 2 N–H and O–H groups in total. The van der Waals surface area contributed by atoms with Gasteiger partial charge >= 0.3 is 0 Å². The summed E-state index contributed by atoms with van der Waals surface area (Å²) in [5, 5.41) is 5.80. The SMILES string of the molecule is COCCNC(=O)c1ccccc1NC(=O)C1CCCN(Cc2cccc(C)c2)C1. The molecule has 0 radical (unpaired) electrons. The smallest absolute Gasteiger partial charge is 0.253 e. The first kappa shape index (κ1) is 22.0.